The minimum atomic E-state index is -0.261. The number of hydrogen-bond donors (Lipinski definition) is 1. The van der Waals surface area contributed by atoms with Crippen LogP contribution >= 0.6 is 0 Å². The van der Waals surface area contributed by atoms with E-state index in [1.54, 1.807) is 4.68 Å². The summed E-state index contributed by atoms with van der Waals surface area (Å²) < 4.78 is 13.9. The molecule has 2 aliphatic heterocycles. The van der Waals surface area contributed by atoms with E-state index >= 15 is 0 Å². The van der Waals surface area contributed by atoms with Crippen molar-refractivity contribution >= 4 is 17.3 Å². The van der Waals surface area contributed by atoms with E-state index in [0.29, 0.717) is 24.6 Å². The highest BCUT2D eigenvalue weighted by molar-refractivity contribution is 5.94. The van der Waals surface area contributed by atoms with Crippen molar-refractivity contribution in [2.24, 2.45) is 0 Å². The van der Waals surface area contributed by atoms with Gasteiger partial charge in [0, 0.05) is 50.7 Å². The quantitative estimate of drug-likeness (QED) is 0.589. The van der Waals surface area contributed by atoms with Crippen LogP contribution in [0.25, 0.3) is 11.4 Å². The number of amides is 1. The molecule has 1 N–H and O–H groups in total. The monoisotopic (exact) mass is 463 g/mol. The summed E-state index contributed by atoms with van der Waals surface area (Å²) in [6.07, 6.45) is -0.507. The number of rotatable bonds is 6. The van der Waals surface area contributed by atoms with Crippen molar-refractivity contribution in [2.75, 3.05) is 51.2 Å². The van der Waals surface area contributed by atoms with Crippen molar-refractivity contribution in [1.82, 2.24) is 25.5 Å². The Balaban J connectivity index is 1.28. The van der Waals surface area contributed by atoms with Crippen molar-refractivity contribution < 1.29 is 14.3 Å². The van der Waals surface area contributed by atoms with E-state index in [0.717, 1.165) is 16.9 Å². The molecule has 10 nitrogen and oxygen atoms in total. The lowest BCUT2D eigenvalue weighted by molar-refractivity contribution is 0.0615. The van der Waals surface area contributed by atoms with Gasteiger partial charge in [0.1, 0.15) is 18.2 Å². The third-order valence-corrected chi connectivity index (χ3v) is 6.44. The first-order valence-corrected chi connectivity index (χ1v) is 11.3. The summed E-state index contributed by atoms with van der Waals surface area (Å²) in [6.45, 7) is 0.787. The molecule has 34 heavy (non-hydrogen) atoms. The van der Waals surface area contributed by atoms with E-state index in [9.17, 15) is 4.79 Å². The van der Waals surface area contributed by atoms with E-state index in [2.05, 4.69) is 20.8 Å². The molecular weight excluding hydrogens is 434 g/mol. The van der Waals surface area contributed by atoms with E-state index in [4.69, 9.17) is 9.47 Å². The summed E-state index contributed by atoms with van der Waals surface area (Å²) in [6, 6.07) is 15.2. The second-order valence-corrected chi connectivity index (χ2v) is 9.07. The summed E-state index contributed by atoms with van der Waals surface area (Å²) in [4.78, 5) is 16.9. The van der Waals surface area contributed by atoms with Gasteiger partial charge in [-0.1, -0.05) is 0 Å². The smallest absolute Gasteiger partial charge is 0.251 e. The zero-order valence-corrected chi connectivity index (χ0v) is 19.8. The average Bonchev–Trinajstić information content (AvgIpc) is 3.56. The summed E-state index contributed by atoms with van der Waals surface area (Å²) >= 11 is 0. The topological polar surface area (TPSA) is 97.6 Å². The van der Waals surface area contributed by atoms with Crippen LogP contribution in [0.4, 0.5) is 11.4 Å². The Hall–Kier alpha value is -3.50. The van der Waals surface area contributed by atoms with Gasteiger partial charge in [-0.15, -0.1) is 5.10 Å². The Morgan fingerprint density at radius 2 is 1.53 bits per heavy atom. The molecule has 2 saturated heterocycles. The van der Waals surface area contributed by atoms with Crippen molar-refractivity contribution in [3.05, 3.63) is 54.1 Å². The number of aromatic nitrogens is 4. The number of nitrogens with zero attached hydrogens (tertiary/aromatic N) is 6. The SMILES string of the molecule is CN(C)c1ccc(C(=O)NC2COC3C2OCC3n2nnnc2-c2ccc(N(C)C)cc2)cc1. The third kappa shape index (κ3) is 4.10. The number of hydrogen-bond acceptors (Lipinski definition) is 8. The molecule has 2 fully saturated rings. The molecule has 5 rings (SSSR count). The standard InChI is InChI=1S/C24H29N7O3/c1-29(2)17-9-5-15(6-10-17)23-26-27-28-31(23)20-14-34-21-19(13-33-22(20)21)25-24(32)16-7-11-18(12-8-16)30(3)4/h5-12,19-22H,13-14H2,1-4H3,(H,25,32). The number of ether oxygens (including phenoxy) is 2. The second kappa shape index (κ2) is 9.03. The van der Waals surface area contributed by atoms with E-state index in [1.165, 1.54) is 0 Å². The first-order valence-electron chi connectivity index (χ1n) is 11.3. The van der Waals surface area contributed by atoms with Crippen molar-refractivity contribution in [3.8, 4) is 11.4 Å². The van der Waals surface area contributed by atoms with Crippen LogP contribution in [-0.4, -0.2) is 85.8 Å². The summed E-state index contributed by atoms with van der Waals surface area (Å²) in [5.74, 6) is 0.521. The molecule has 0 bridgehead atoms. The maximum absolute atomic E-state index is 12.8. The Bertz CT molecular complexity index is 1140. The molecular formula is C24H29N7O3. The minimum absolute atomic E-state index is 0.143. The predicted octanol–water partition coefficient (Wildman–Crippen LogP) is 1.61. The normalized spacial score (nSPS) is 23.5. The van der Waals surface area contributed by atoms with Gasteiger partial charge in [-0.05, 0) is 59.0 Å². The van der Waals surface area contributed by atoms with Gasteiger partial charge in [0.15, 0.2) is 5.82 Å². The van der Waals surface area contributed by atoms with Crippen molar-refractivity contribution in [3.63, 3.8) is 0 Å². The summed E-state index contributed by atoms with van der Waals surface area (Å²) in [5.41, 5.74) is 3.66. The predicted molar refractivity (Wildman–Crippen MR) is 128 cm³/mol. The van der Waals surface area contributed by atoms with Gasteiger partial charge < -0.3 is 24.6 Å². The molecule has 1 amide bonds. The molecule has 4 atom stereocenters. The van der Waals surface area contributed by atoms with Crippen LogP contribution in [0.2, 0.25) is 0 Å². The van der Waals surface area contributed by atoms with Gasteiger partial charge in [0.25, 0.3) is 5.91 Å². The van der Waals surface area contributed by atoms with Gasteiger partial charge in [-0.3, -0.25) is 4.79 Å². The molecule has 2 aromatic carbocycles. The van der Waals surface area contributed by atoms with E-state index in [1.807, 2.05) is 86.5 Å². The Labute approximate surface area is 198 Å². The fourth-order valence-electron chi connectivity index (χ4n) is 4.49. The molecule has 0 radical (unpaired) electrons. The van der Waals surface area contributed by atoms with Crippen LogP contribution in [0.1, 0.15) is 16.4 Å². The fraction of sp³-hybridized carbons (Fsp3) is 0.417. The zero-order chi connectivity index (χ0) is 23.8. The Morgan fingerprint density at radius 3 is 2.18 bits per heavy atom. The van der Waals surface area contributed by atoms with Crippen LogP contribution < -0.4 is 15.1 Å². The first kappa shape index (κ1) is 22.3. The summed E-state index contributed by atoms with van der Waals surface area (Å²) in [7, 11) is 7.93. The Morgan fingerprint density at radius 1 is 0.912 bits per heavy atom. The molecule has 10 heteroatoms. The minimum Gasteiger partial charge on any atom is -0.378 e. The van der Waals surface area contributed by atoms with E-state index in [-0.39, 0.29) is 30.2 Å². The lowest BCUT2D eigenvalue weighted by atomic mass is 10.1. The van der Waals surface area contributed by atoms with Crippen LogP contribution in [0.3, 0.4) is 0 Å². The van der Waals surface area contributed by atoms with Gasteiger partial charge in [-0.2, -0.15) is 0 Å². The maximum Gasteiger partial charge on any atom is 0.251 e. The number of nitrogens with one attached hydrogen (secondary N) is 1. The van der Waals surface area contributed by atoms with Gasteiger partial charge in [-0.25, -0.2) is 4.68 Å². The maximum atomic E-state index is 12.8. The van der Waals surface area contributed by atoms with Crippen LogP contribution in [0.5, 0.6) is 0 Å². The average molecular weight is 464 g/mol. The molecule has 3 heterocycles. The zero-order valence-electron chi connectivity index (χ0n) is 19.8. The van der Waals surface area contributed by atoms with Crippen LogP contribution in [-0.2, 0) is 9.47 Å². The number of carbonyl (C=O) groups is 1. The highest BCUT2D eigenvalue weighted by Gasteiger charge is 2.50. The lowest BCUT2D eigenvalue weighted by Crippen LogP contribution is -2.44. The molecule has 178 valence electrons. The molecule has 0 saturated carbocycles. The number of carbonyl (C=O) groups excluding carboxylic acids is 1. The first-order chi connectivity index (χ1) is 16.4. The second-order valence-electron chi connectivity index (χ2n) is 9.07. The largest absolute Gasteiger partial charge is 0.378 e. The van der Waals surface area contributed by atoms with Gasteiger partial charge >= 0.3 is 0 Å². The van der Waals surface area contributed by atoms with Gasteiger partial charge in [0.05, 0.1) is 19.3 Å². The lowest BCUT2D eigenvalue weighted by Gasteiger charge is -2.19. The van der Waals surface area contributed by atoms with Crippen LogP contribution in [0.15, 0.2) is 48.5 Å². The number of benzene rings is 2. The molecule has 0 aliphatic carbocycles. The molecule has 1 aromatic heterocycles. The molecule has 4 unspecified atom stereocenters. The molecule has 0 spiro atoms. The van der Waals surface area contributed by atoms with Gasteiger partial charge in [0.2, 0.25) is 0 Å². The highest BCUT2D eigenvalue weighted by atomic mass is 16.6. The number of tetrazole rings is 1. The Kier molecular flexibility index (Phi) is 5.93. The highest BCUT2D eigenvalue weighted by Crippen LogP contribution is 2.36. The molecule has 2 aliphatic rings. The number of fused-ring (bicyclic) bond motifs is 1. The number of anilines is 2. The summed E-state index contributed by atoms with van der Waals surface area (Å²) in [5, 5.41) is 15.5. The fourth-order valence-corrected chi connectivity index (χ4v) is 4.49. The van der Waals surface area contributed by atoms with E-state index < -0.39 is 0 Å². The van der Waals surface area contributed by atoms with Crippen molar-refractivity contribution in [2.45, 2.75) is 24.3 Å². The third-order valence-electron chi connectivity index (χ3n) is 6.44. The van der Waals surface area contributed by atoms with Crippen molar-refractivity contribution in [1.29, 1.82) is 0 Å². The van der Waals surface area contributed by atoms with Crippen LogP contribution in [0, 0.1) is 0 Å². The molecule has 3 aromatic rings.